The molecule has 2 rings (SSSR count). The number of ether oxygens (including phenoxy) is 1. The number of rotatable bonds is 2. The Morgan fingerprint density at radius 2 is 1.67 bits per heavy atom. The lowest BCUT2D eigenvalue weighted by atomic mass is 10.1. The van der Waals surface area contributed by atoms with Gasteiger partial charge in [0.05, 0.1) is 10.0 Å². The highest BCUT2D eigenvalue weighted by atomic mass is 35.5. The Balaban J connectivity index is 2.34. The molecule has 94 valence electrons. The third-order valence-corrected chi connectivity index (χ3v) is 3.42. The van der Waals surface area contributed by atoms with Crippen LogP contribution >= 0.6 is 23.2 Å². The number of hydrogen-bond donors (Lipinski definition) is 1. The smallest absolute Gasteiger partial charge is 0.130 e. The van der Waals surface area contributed by atoms with Gasteiger partial charge >= 0.3 is 0 Å². The number of nitrogen functional groups attached to an aromatic ring is 1. The minimum Gasteiger partial charge on any atom is -0.457 e. The maximum atomic E-state index is 5.94. The fourth-order valence-corrected chi connectivity index (χ4v) is 1.88. The number of anilines is 1. The van der Waals surface area contributed by atoms with E-state index in [1.54, 1.807) is 18.2 Å². The van der Waals surface area contributed by atoms with Crippen LogP contribution in [0, 0.1) is 13.8 Å². The van der Waals surface area contributed by atoms with Crippen LogP contribution in [-0.2, 0) is 0 Å². The first kappa shape index (κ1) is 13.1. The van der Waals surface area contributed by atoms with E-state index in [2.05, 4.69) is 0 Å². The minimum atomic E-state index is 0.471. The van der Waals surface area contributed by atoms with Crippen molar-refractivity contribution in [3.8, 4) is 11.5 Å². The van der Waals surface area contributed by atoms with Crippen molar-refractivity contribution in [1.82, 2.24) is 0 Å². The highest BCUT2D eigenvalue weighted by Crippen LogP contribution is 2.32. The SMILES string of the molecule is Cc1cc(Oc2ccc(Cl)c(Cl)c2)c(C)cc1N. The zero-order chi connectivity index (χ0) is 13.3. The molecule has 0 aromatic heterocycles. The van der Waals surface area contributed by atoms with Gasteiger partial charge in [0.2, 0.25) is 0 Å². The topological polar surface area (TPSA) is 35.2 Å². The van der Waals surface area contributed by atoms with Crippen molar-refractivity contribution in [2.24, 2.45) is 0 Å². The quantitative estimate of drug-likeness (QED) is 0.788. The van der Waals surface area contributed by atoms with E-state index < -0.39 is 0 Å². The second kappa shape index (κ2) is 5.09. The highest BCUT2D eigenvalue weighted by Gasteiger charge is 2.06. The Labute approximate surface area is 116 Å². The first-order valence-corrected chi connectivity index (χ1v) is 6.22. The Morgan fingerprint density at radius 3 is 2.33 bits per heavy atom. The van der Waals surface area contributed by atoms with Crippen LogP contribution in [-0.4, -0.2) is 0 Å². The number of aryl methyl sites for hydroxylation is 2. The van der Waals surface area contributed by atoms with Gasteiger partial charge in [-0.1, -0.05) is 23.2 Å². The standard InChI is InChI=1S/C14H13Cl2NO/c1-8-6-14(9(2)5-13(8)17)18-10-3-4-11(15)12(16)7-10/h3-7H,17H2,1-2H3. The van der Waals surface area contributed by atoms with Gasteiger partial charge in [0.25, 0.3) is 0 Å². The second-order valence-electron chi connectivity index (χ2n) is 4.15. The summed E-state index contributed by atoms with van der Waals surface area (Å²) < 4.78 is 5.78. The monoisotopic (exact) mass is 281 g/mol. The molecule has 18 heavy (non-hydrogen) atoms. The van der Waals surface area contributed by atoms with Gasteiger partial charge < -0.3 is 10.5 Å². The summed E-state index contributed by atoms with van der Waals surface area (Å²) in [5.41, 5.74) is 8.55. The molecule has 0 saturated heterocycles. The maximum absolute atomic E-state index is 5.94. The Bertz CT molecular complexity index is 597. The molecule has 0 heterocycles. The van der Waals surface area contributed by atoms with Crippen molar-refractivity contribution in [2.75, 3.05) is 5.73 Å². The van der Waals surface area contributed by atoms with Crippen LogP contribution in [0.1, 0.15) is 11.1 Å². The molecule has 0 aliphatic heterocycles. The molecule has 0 aliphatic rings. The average Bonchev–Trinajstić information content (AvgIpc) is 2.31. The van der Waals surface area contributed by atoms with E-state index in [0.717, 1.165) is 22.6 Å². The molecule has 2 nitrogen and oxygen atoms in total. The fourth-order valence-electron chi connectivity index (χ4n) is 1.59. The van der Waals surface area contributed by atoms with Crippen LogP contribution in [0.25, 0.3) is 0 Å². The average molecular weight is 282 g/mol. The molecule has 0 aliphatic carbocycles. The summed E-state index contributed by atoms with van der Waals surface area (Å²) in [6.45, 7) is 3.89. The largest absolute Gasteiger partial charge is 0.457 e. The molecule has 0 amide bonds. The molecular weight excluding hydrogens is 269 g/mol. The van der Waals surface area contributed by atoms with Crippen LogP contribution in [0.3, 0.4) is 0 Å². The summed E-state index contributed by atoms with van der Waals surface area (Å²) in [6, 6.07) is 8.97. The van der Waals surface area contributed by atoms with Gasteiger partial charge in [-0.2, -0.15) is 0 Å². The van der Waals surface area contributed by atoms with Crippen LogP contribution in [0.5, 0.6) is 11.5 Å². The van der Waals surface area contributed by atoms with Crippen LogP contribution in [0.4, 0.5) is 5.69 Å². The number of hydrogen-bond acceptors (Lipinski definition) is 2. The van der Waals surface area contributed by atoms with Crippen molar-refractivity contribution in [3.05, 3.63) is 51.5 Å². The van der Waals surface area contributed by atoms with E-state index in [1.807, 2.05) is 26.0 Å². The van der Waals surface area contributed by atoms with Crippen molar-refractivity contribution < 1.29 is 4.74 Å². The zero-order valence-corrected chi connectivity index (χ0v) is 11.6. The van der Waals surface area contributed by atoms with E-state index in [1.165, 1.54) is 0 Å². The van der Waals surface area contributed by atoms with Crippen molar-refractivity contribution in [1.29, 1.82) is 0 Å². The third kappa shape index (κ3) is 2.71. The molecule has 0 bridgehead atoms. The summed E-state index contributed by atoms with van der Waals surface area (Å²) in [5, 5.41) is 0.980. The van der Waals surface area contributed by atoms with Crippen molar-refractivity contribution in [2.45, 2.75) is 13.8 Å². The molecular formula is C14H13Cl2NO. The molecule has 0 spiro atoms. The van der Waals surface area contributed by atoms with E-state index in [0.29, 0.717) is 15.8 Å². The Kier molecular flexibility index (Phi) is 3.69. The van der Waals surface area contributed by atoms with Gasteiger partial charge in [-0.05, 0) is 49.2 Å². The van der Waals surface area contributed by atoms with E-state index in [9.17, 15) is 0 Å². The maximum Gasteiger partial charge on any atom is 0.130 e. The van der Waals surface area contributed by atoms with Crippen LogP contribution < -0.4 is 10.5 Å². The van der Waals surface area contributed by atoms with Crippen LogP contribution in [0.2, 0.25) is 10.0 Å². The molecule has 4 heteroatoms. The Hall–Kier alpha value is -1.38. The van der Waals surface area contributed by atoms with Gasteiger partial charge in [-0.25, -0.2) is 0 Å². The van der Waals surface area contributed by atoms with Crippen LogP contribution in [0.15, 0.2) is 30.3 Å². The highest BCUT2D eigenvalue weighted by molar-refractivity contribution is 6.42. The molecule has 2 N–H and O–H groups in total. The number of nitrogens with two attached hydrogens (primary N) is 1. The molecule has 0 fully saturated rings. The number of benzene rings is 2. The summed E-state index contributed by atoms with van der Waals surface area (Å²) in [7, 11) is 0. The molecule has 0 atom stereocenters. The van der Waals surface area contributed by atoms with Crippen molar-refractivity contribution >= 4 is 28.9 Å². The lowest BCUT2D eigenvalue weighted by Crippen LogP contribution is -1.94. The fraction of sp³-hybridized carbons (Fsp3) is 0.143. The predicted octanol–water partition coefficient (Wildman–Crippen LogP) is 4.98. The summed E-state index contributed by atoms with van der Waals surface area (Å²) in [6.07, 6.45) is 0. The first-order valence-electron chi connectivity index (χ1n) is 5.47. The zero-order valence-electron chi connectivity index (χ0n) is 10.1. The predicted molar refractivity (Wildman–Crippen MR) is 76.9 cm³/mol. The minimum absolute atomic E-state index is 0.471. The molecule has 0 radical (unpaired) electrons. The normalized spacial score (nSPS) is 10.4. The van der Waals surface area contributed by atoms with Gasteiger partial charge in [0, 0.05) is 11.8 Å². The molecule has 2 aromatic carbocycles. The number of halogens is 2. The molecule has 0 saturated carbocycles. The first-order chi connectivity index (χ1) is 8.47. The summed E-state index contributed by atoms with van der Waals surface area (Å²) >= 11 is 11.8. The molecule has 2 aromatic rings. The Morgan fingerprint density at radius 1 is 0.944 bits per heavy atom. The van der Waals surface area contributed by atoms with Crippen molar-refractivity contribution in [3.63, 3.8) is 0 Å². The second-order valence-corrected chi connectivity index (χ2v) is 4.97. The van der Waals surface area contributed by atoms with Gasteiger partial charge in [-0.15, -0.1) is 0 Å². The van der Waals surface area contributed by atoms with Gasteiger partial charge in [0.1, 0.15) is 11.5 Å². The van der Waals surface area contributed by atoms with Gasteiger partial charge in [0.15, 0.2) is 0 Å². The third-order valence-electron chi connectivity index (χ3n) is 2.68. The van der Waals surface area contributed by atoms with E-state index in [4.69, 9.17) is 33.7 Å². The lowest BCUT2D eigenvalue weighted by Gasteiger charge is -2.11. The van der Waals surface area contributed by atoms with E-state index in [-0.39, 0.29) is 0 Å². The molecule has 0 unspecified atom stereocenters. The van der Waals surface area contributed by atoms with E-state index >= 15 is 0 Å². The summed E-state index contributed by atoms with van der Waals surface area (Å²) in [5.74, 6) is 1.41. The van der Waals surface area contributed by atoms with Gasteiger partial charge in [-0.3, -0.25) is 0 Å². The lowest BCUT2D eigenvalue weighted by molar-refractivity contribution is 0.478. The summed E-state index contributed by atoms with van der Waals surface area (Å²) in [4.78, 5) is 0.